The van der Waals surface area contributed by atoms with Crippen LogP contribution in [0.15, 0.2) is 0 Å². The normalized spacial score (nSPS) is 25.1. The molecule has 20 heavy (non-hydrogen) atoms. The second kappa shape index (κ2) is 7.41. The predicted molar refractivity (Wildman–Crippen MR) is 78.3 cm³/mol. The molecule has 0 aromatic heterocycles. The second-order valence-corrected chi connectivity index (χ2v) is 6.57. The highest BCUT2D eigenvalue weighted by atomic mass is 16.7. The number of carbonyl (C=O) groups excluding carboxylic acids is 1. The fourth-order valence-corrected chi connectivity index (χ4v) is 3.34. The molecule has 1 saturated carbocycles. The van der Waals surface area contributed by atoms with Crippen LogP contribution in [0, 0.1) is 11.8 Å². The van der Waals surface area contributed by atoms with Crippen molar-refractivity contribution < 1.29 is 14.3 Å². The molecule has 1 N–H and O–H groups in total. The zero-order valence-electron chi connectivity index (χ0n) is 13.0. The van der Waals surface area contributed by atoms with Crippen molar-refractivity contribution >= 4 is 5.91 Å². The van der Waals surface area contributed by atoms with Gasteiger partial charge in [0, 0.05) is 18.9 Å². The van der Waals surface area contributed by atoms with Crippen LogP contribution in [0.3, 0.4) is 0 Å². The molecule has 4 heteroatoms. The van der Waals surface area contributed by atoms with Gasteiger partial charge in [-0.25, -0.2) is 0 Å². The highest BCUT2D eigenvalue weighted by Gasteiger charge is 2.32. The number of hydrogen-bond donors (Lipinski definition) is 1. The van der Waals surface area contributed by atoms with E-state index in [0.29, 0.717) is 19.1 Å². The van der Waals surface area contributed by atoms with Gasteiger partial charge >= 0.3 is 0 Å². The molecule has 0 aromatic rings. The number of hydrogen-bond acceptors (Lipinski definition) is 3. The lowest BCUT2D eigenvalue weighted by molar-refractivity contribution is -0.154. The summed E-state index contributed by atoms with van der Waals surface area (Å²) >= 11 is 0. The fraction of sp³-hybridized carbons (Fsp3) is 0.938. The van der Waals surface area contributed by atoms with Crippen LogP contribution in [-0.2, 0) is 14.3 Å². The van der Waals surface area contributed by atoms with E-state index in [1.165, 1.54) is 25.7 Å². The minimum Gasteiger partial charge on any atom is -0.356 e. The van der Waals surface area contributed by atoms with Crippen molar-refractivity contribution in [2.24, 2.45) is 11.8 Å². The minimum atomic E-state index is -0.452. The SMILES string of the molecule is CC(CNC(=O)C1CCCCCC1)CC1(C)OCCO1. The van der Waals surface area contributed by atoms with Crippen LogP contribution >= 0.6 is 0 Å². The molecule has 1 amide bonds. The van der Waals surface area contributed by atoms with Gasteiger partial charge in [0.25, 0.3) is 0 Å². The average molecular weight is 283 g/mol. The smallest absolute Gasteiger partial charge is 0.223 e. The summed E-state index contributed by atoms with van der Waals surface area (Å²) in [7, 11) is 0. The molecule has 1 unspecified atom stereocenters. The third-order valence-electron chi connectivity index (χ3n) is 4.47. The van der Waals surface area contributed by atoms with Gasteiger partial charge in [0.1, 0.15) is 0 Å². The number of carbonyl (C=O) groups is 1. The highest BCUT2D eigenvalue weighted by molar-refractivity contribution is 5.78. The average Bonchev–Trinajstić information content (AvgIpc) is 2.68. The van der Waals surface area contributed by atoms with Crippen LogP contribution in [0.1, 0.15) is 58.8 Å². The number of nitrogens with one attached hydrogen (secondary N) is 1. The van der Waals surface area contributed by atoms with E-state index in [9.17, 15) is 4.79 Å². The fourth-order valence-electron chi connectivity index (χ4n) is 3.34. The minimum absolute atomic E-state index is 0.235. The summed E-state index contributed by atoms with van der Waals surface area (Å²) in [6, 6.07) is 0. The van der Waals surface area contributed by atoms with Crippen molar-refractivity contribution in [3.63, 3.8) is 0 Å². The summed E-state index contributed by atoms with van der Waals surface area (Å²) in [6.45, 7) is 6.21. The number of rotatable bonds is 5. The van der Waals surface area contributed by atoms with E-state index in [4.69, 9.17) is 9.47 Å². The first kappa shape index (κ1) is 15.8. The third kappa shape index (κ3) is 4.74. The summed E-state index contributed by atoms with van der Waals surface area (Å²) in [6.07, 6.45) is 7.92. The molecule has 1 heterocycles. The summed E-state index contributed by atoms with van der Waals surface area (Å²) in [5.41, 5.74) is 0. The third-order valence-corrected chi connectivity index (χ3v) is 4.47. The Morgan fingerprint density at radius 1 is 1.20 bits per heavy atom. The summed E-state index contributed by atoms with van der Waals surface area (Å²) < 4.78 is 11.2. The van der Waals surface area contributed by atoms with Gasteiger partial charge in [0.05, 0.1) is 13.2 Å². The molecule has 116 valence electrons. The summed E-state index contributed by atoms with van der Waals surface area (Å²) in [5, 5.41) is 3.12. The maximum Gasteiger partial charge on any atom is 0.223 e. The Labute approximate surface area is 122 Å². The first-order valence-electron chi connectivity index (χ1n) is 8.15. The van der Waals surface area contributed by atoms with Gasteiger partial charge in [0.15, 0.2) is 5.79 Å². The lowest BCUT2D eigenvalue weighted by Gasteiger charge is -2.26. The first-order valence-corrected chi connectivity index (χ1v) is 8.15. The maximum absolute atomic E-state index is 12.2. The van der Waals surface area contributed by atoms with Crippen LogP contribution in [0.2, 0.25) is 0 Å². The van der Waals surface area contributed by atoms with E-state index in [-0.39, 0.29) is 11.8 Å². The van der Waals surface area contributed by atoms with Crippen LogP contribution in [0.5, 0.6) is 0 Å². The highest BCUT2D eigenvalue weighted by Crippen LogP contribution is 2.27. The Morgan fingerprint density at radius 2 is 1.80 bits per heavy atom. The summed E-state index contributed by atoms with van der Waals surface area (Å²) in [5.74, 6) is 0.399. The van der Waals surface area contributed by atoms with E-state index in [2.05, 4.69) is 12.2 Å². The molecule has 1 saturated heterocycles. The maximum atomic E-state index is 12.2. The Hall–Kier alpha value is -0.610. The zero-order chi connectivity index (χ0) is 14.4. The van der Waals surface area contributed by atoms with Crippen molar-refractivity contribution in [2.45, 2.75) is 64.6 Å². The molecule has 0 spiro atoms. The van der Waals surface area contributed by atoms with Crippen LogP contribution in [0.25, 0.3) is 0 Å². The zero-order valence-corrected chi connectivity index (χ0v) is 13.0. The quantitative estimate of drug-likeness (QED) is 0.789. The molecule has 0 aromatic carbocycles. The van der Waals surface area contributed by atoms with E-state index in [1.54, 1.807) is 0 Å². The molecule has 2 rings (SSSR count). The van der Waals surface area contributed by atoms with Gasteiger partial charge in [-0.05, 0) is 25.7 Å². The van der Waals surface area contributed by atoms with Crippen LogP contribution in [0.4, 0.5) is 0 Å². The Balaban J connectivity index is 1.69. The second-order valence-electron chi connectivity index (χ2n) is 6.57. The topological polar surface area (TPSA) is 47.6 Å². The van der Waals surface area contributed by atoms with Gasteiger partial charge in [-0.15, -0.1) is 0 Å². The van der Waals surface area contributed by atoms with Gasteiger partial charge in [-0.2, -0.15) is 0 Å². The number of ether oxygens (including phenoxy) is 2. The van der Waals surface area contributed by atoms with Crippen molar-refractivity contribution in [1.29, 1.82) is 0 Å². The lowest BCUT2D eigenvalue weighted by Crippen LogP contribution is -2.37. The number of amides is 1. The van der Waals surface area contributed by atoms with Crippen molar-refractivity contribution in [1.82, 2.24) is 5.32 Å². The van der Waals surface area contributed by atoms with Gasteiger partial charge in [0.2, 0.25) is 5.91 Å². The van der Waals surface area contributed by atoms with E-state index >= 15 is 0 Å². The molecule has 1 atom stereocenters. The van der Waals surface area contributed by atoms with Crippen molar-refractivity contribution in [2.75, 3.05) is 19.8 Å². The molecule has 1 aliphatic heterocycles. The van der Waals surface area contributed by atoms with E-state index in [1.807, 2.05) is 6.92 Å². The standard InChI is InChI=1S/C16H29NO3/c1-13(11-16(2)19-9-10-20-16)12-17-15(18)14-7-5-3-4-6-8-14/h13-14H,3-12H2,1-2H3,(H,17,18). The van der Waals surface area contributed by atoms with Crippen molar-refractivity contribution in [3.8, 4) is 0 Å². The summed E-state index contributed by atoms with van der Waals surface area (Å²) in [4.78, 5) is 12.2. The molecular formula is C16H29NO3. The molecule has 4 nitrogen and oxygen atoms in total. The van der Waals surface area contributed by atoms with E-state index < -0.39 is 5.79 Å². The van der Waals surface area contributed by atoms with Crippen LogP contribution < -0.4 is 5.32 Å². The Bertz CT molecular complexity index is 305. The van der Waals surface area contributed by atoms with Gasteiger partial charge in [-0.1, -0.05) is 32.6 Å². The molecule has 1 aliphatic carbocycles. The van der Waals surface area contributed by atoms with E-state index in [0.717, 1.165) is 25.8 Å². The van der Waals surface area contributed by atoms with Gasteiger partial charge in [-0.3, -0.25) is 4.79 Å². The Kier molecular flexibility index (Phi) is 5.85. The van der Waals surface area contributed by atoms with Gasteiger partial charge < -0.3 is 14.8 Å². The molecule has 2 fully saturated rings. The molecule has 2 aliphatic rings. The lowest BCUT2D eigenvalue weighted by atomic mass is 9.98. The predicted octanol–water partition coefficient (Wildman–Crippen LogP) is 2.86. The van der Waals surface area contributed by atoms with Crippen molar-refractivity contribution in [3.05, 3.63) is 0 Å². The molecule has 0 bridgehead atoms. The van der Waals surface area contributed by atoms with Crippen LogP contribution in [-0.4, -0.2) is 31.5 Å². The molecular weight excluding hydrogens is 254 g/mol. The first-order chi connectivity index (χ1) is 9.59. The largest absolute Gasteiger partial charge is 0.356 e. The Morgan fingerprint density at radius 3 is 2.40 bits per heavy atom. The monoisotopic (exact) mass is 283 g/mol. The molecule has 0 radical (unpaired) electrons.